The Kier molecular flexibility index (Phi) is 9.92. The zero-order chi connectivity index (χ0) is 17.8. The summed E-state index contributed by atoms with van der Waals surface area (Å²) in [6.45, 7) is 11.6. The highest BCUT2D eigenvalue weighted by atomic mass is 16.5. The fourth-order valence-corrected chi connectivity index (χ4v) is 2.69. The molecule has 0 amide bonds. The molecule has 0 aliphatic carbocycles. The van der Waals surface area contributed by atoms with E-state index in [0.717, 1.165) is 57.3 Å². The first-order chi connectivity index (χ1) is 11.6. The van der Waals surface area contributed by atoms with Gasteiger partial charge in [0.2, 0.25) is 0 Å². The molecule has 0 saturated carbocycles. The summed E-state index contributed by atoms with van der Waals surface area (Å²) in [5, 5.41) is 6.75. The van der Waals surface area contributed by atoms with Crippen LogP contribution in [0.25, 0.3) is 0 Å². The molecule has 24 heavy (non-hydrogen) atoms. The minimum absolute atomic E-state index is 0.829. The molecule has 136 valence electrons. The lowest BCUT2D eigenvalue weighted by atomic mass is 10.1. The molecule has 0 fully saturated rings. The van der Waals surface area contributed by atoms with Crippen molar-refractivity contribution in [2.75, 3.05) is 46.9 Å². The second-order valence-corrected chi connectivity index (χ2v) is 5.87. The molecular weight excluding hydrogens is 300 g/mol. The van der Waals surface area contributed by atoms with Gasteiger partial charge in [0.25, 0.3) is 0 Å². The first-order valence-corrected chi connectivity index (χ1v) is 8.94. The lowest BCUT2D eigenvalue weighted by molar-refractivity contribution is 0.300. The Balaban J connectivity index is 2.33. The summed E-state index contributed by atoms with van der Waals surface area (Å²) in [5.74, 6) is 1.81. The van der Waals surface area contributed by atoms with E-state index in [1.807, 2.05) is 13.1 Å². The van der Waals surface area contributed by atoms with Crippen molar-refractivity contribution in [3.05, 3.63) is 29.3 Å². The quantitative estimate of drug-likeness (QED) is 0.392. The number of guanidine groups is 1. The summed E-state index contributed by atoms with van der Waals surface area (Å²) in [4.78, 5) is 6.72. The number of benzene rings is 1. The van der Waals surface area contributed by atoms with Crippen molar-refractivity contribution in [1.82, 2.24) is 15.5 Å². The van der Waals surface area contributed by atoms with E-state index in [1.165, 1.54) is 11.1 Å². The van der Waals surface area contributed by atoms with Gasteiger partial charge >= 0.3 is 0 Å². The number of methoxy groups -OCH3 is 1. The third kappa shape index (κ3) is 7.21. The van der Waals surface area contributed by atoms with E-state index in [4.69, 9.17) is 4.74 Å². The Morgan fingerprint density at radius 2 is 1.88 bits per heavy atom. The van der Waals surface area contributed by atoms with Crippen molar-refractivity contribution < 1.29 is 4.74 Å². The minimum Gasteiger partial charge on any atom is -0.496 e. The second kappa shape index (κ2) is 11.7. The normalized spacial score (nSPS) is 11.7. The maximum absolute atomic E-state index is 5.43. The van der Waals surface area contributed by atoms with E-state index in [-0.39, 0.29) is 0 Å². The molecule has 1 aromatic carbocycles. The van der Waals surface area contributed by atoms with Crippen LogP contribution in [0.3, 0.4) is 0 Å². The van der Waals surface area contributed by atoms with Gasteiger partial charge in [-0.15, -0.1) is 0 Å². The van der Waals surface area contributed by atoms with Crippen LogP contribution in [0.2, 0.25) is 0 Å². The number of hydrogen-bond donors (Lipinski definition) is 2. The molecule has 1 rings (SSSR count). The third-order valence-corrected chi connectivity index (χ3v) is 4.18. The topological polar surface area (TPSA) is 48.9 Å². The van der Waals surface area contributed by atoms with Crippen molar-refractivity contribution in [1.29, 1.82) is 0 Å². The van der Waals surface area contributed by atoms with Crippen LogP contribution < -0.4 is 15.4 Å². The number of rotatable bonds is 10. The van der Waals surface area contributed by atoms with Gasteiger partial charge in [0.1, 0.15) is 5.75 Å². The van der Waals surface area contributed by atoms with Crippen molar-refractivity contribution in [2.24, 2.45) is 4.99 Å². The van der Waals surface area contributed by atoms with E-state index in [1.54, 1.807) is 7.11 Å². The number of aryl methyl sites for hydroxylation is 1. The molecule has 0 aromatic heterocycles. The van der Waals surface area contributed by atoms with Gasteiger partial charge in [0.15, 0.2) is 5.96 Å². The van der Waals surface area contributed by atoms with Gasteiger partial charge in [-0.3, -0.25) is 4.99 Å². The molecule has 2 N–H and O–H groups in total. The van der Waals surface area contributed by atoms with Crippen LogP contribution in [0.15, 0.2) is 23.2 Å². The monoisotopic (exact) mass is 334 g/mol. The molecule has 0 bridgehead atoms. The molecule has 0 atom stereocenters. The summed E-state index contributed by atoms with van der Waals surface area (Å²) in [6.07, 6.45) is 2.03. The van der Waals surface area contributed by atoms with Crippen LogP contribution >= 0.6 is 0 Å². The highest BCUT2D eigenvalue weighted by Crippen LogP contribution is 2.19. The molecule has 5 nitrogen and oxygen atoms in total. The van der Waals surface area contributed by atoms with E-state index in [9.17, 15) is 0 Å². The minimum atomic E-state index is 0.829. The Morgan fingerprint density at radius 1 is 1.17 bits per heavy atom. The number of aliphatic imine (C=N–C) groups is 1. The smallest absolute Gasteiger partial charge is 0.190 e. The predicted octanol–water partition coefficient (Wildman–Crippen LogP) is 2.44. The number of nitrogens with one attached hydrogen (secondary N) is 2. The molecular formula is C19H34N4O. The van der Waals surface area contributed by atoms with Gasteiger partial charge < -0.3 is 20.3 Å². The molecule has 0 aliphatic rings. The van der Waals surface area contributed by atoms with E-state index in [0.29, 0.717) is 0 Å². The van der Waals surface area contributed by atoms with Crippen LogP contribution in [-0.2, 0) is 6.42 Å². The molecule has 0 aliphatic heterocycles. The van der Waals surface area contributed by atoms with Gasteiger partial charge in [-0.2, -0.15) is 0 Å². The van der Waals surface area contributed by atoms with Crippen LogP contribution in [0, 0.1) is 6.92 Å². The number of hydrogen-bond acceptors (Lipinski definition) is 3. The van der Waals surface area contributed by atoms with Crippen molar-refractivity contribution >= 4 is 5.96 Å². The number of nitrogens with zero attached hydrogens (tertiary/aromatic N) is 2. The largest absolute Gasteiger partial charge is 0.496 e. The SMILES string of the molecule is CCN(CC)CCCNC(=NC)NCCc1cc(C)ccc1OC. The first kappa shape index (κ1) is 20.3. The van der Waals surface area contributed by atoms with Crippen LogP contribution in [0.1, 0.15) is 31.4 Å². The fourth-order valence-electron chi connectivity index (χ4n) is 2.69. The highest BCUT2D eigenvalue weighted by Gasteiger charge is 2.04. The summed E-state index contributed by atoms with van der Waals surface area (Å²) in [7, 11) is 3.53. The zero-order valence-corrected chi connectivity index (χ0v) is 16.0. The van der Waals surface area contributed by atoms with Gasteiger partial charge in [-0.25, -0.2) is 0 Å². The Hall–Kier alpha value is -1.75. The lowest BCUT2D eigenvalue weighted by Crippen LogP contribution is -2.39. The molecule has 0 radical (unpaired) electrons. The Labute approximate surface area is 147 Å². The third-order valence-electron chi connectivity index (χ3n) is 4.18. The predicted molar refractivity (Wildman–Crippen MR) is 103 cm³/mol. The maximum atomic E-state index is 5.43. The zero-order valence-electron chi connectivity index (χ0n) is 16.0. The average Bonchev–Trinajstić information content (AvgIpc) is 2.60. The van der Waals surface area contributed by atoms with Crippen LogP contribution in [0.4, 0.5) is 0 Å². The second-order valence-electron chi connectivity index (χ2n) is 5.87. The molecule has 0 saturated heterocycles. The van der Waals surface area contributed by atoms with Gasteiger partial charge in [0, 0.05) is 20.1 Å². The van der Waals surface area contributed by atoms with Crippen molar-refractivity contribution in [3.63, 3.8) is 0 Å². The van der Waals surface area contributed by atoms with Crippen molar-refractivity contribution in [3.8, 4) is 5.75 Å². The van der Waals surface area contributed by atoms with E-state index < -0.39 is 0 Å². The molecule has 1 aromatic rings. The lowest BCUT2D eigenvalue weighted by Gasteiger charge is -2.18. The van der Waals surface area contributed by atoms with Crippen LogP contribution in [-0.4, -0.2) is 57.7 Å². The summed E-state index contributed by atoms with van der Waals surface area (Å²) in [5.41, 5.74) is 2.48. The first-order valence-electron chi connectivity index (χ1n) is 8.94. The standard InChI is InChI=1S/C19H34N4O/c1-6-23(7-2)14-8-12-21-19(20-4)22-13-11-17-15-16(3)9-10-18(17)24-5/h9-10,15H,6-8,11-14H2,1-5H3,(H2,20,21,22). The molecule has 5 heteroatoms. The summed E-state index contributed by atoms with van der Waals surface area (Å²) >= 11 is 0. The summed E-state index contributed by atoms with van der Waals surface area (Å²) < 4.78 is 5.43. The molecule has 0 unspecified atom stereocenters. The molecule has 0 spiro atoms. The van der Waals surface area contributed by atoms with Gasteiger partial charge in [0.05, 0.1) is 7.11 Å². The molecule has 0 heterocycles. The van der Waals surface area contributed by atoms with Crippen molar-refractivity contribution in [2.45, 2.75) is 33.6 Å². The summed E-state index contributed by atoms with van der Waals surface area (Å²) in [6, 6.07) is 6.29. The van der Waals surface area contributed by atoms with E-state index in [2.05, 4.69) is 53.4 Å². The number of ether oxygens (including phenoxy) is 1. The van der Waals surface area contributed by atoms with E-state index >= 15 is 0 Å². The van der Waals surface area contributed by atoms with Gasteiger partial charge in [-0.1, -0.05) is 31.5 Å². The fraction of sp³-hybridized carbons (Fsp3) is 0.632. The van der Waals surface area contributed by atoms with Gasteiger partial charge in [-0.05, 0) is 51.0 Å². The highest BCUT2D eigenvalue weighted by molar-refractivity contribution is 5.79. The van der Waals surface area contributed by atoms with Crippen LogP contribution in [0.5, 0.6) is 5.75 Å². The average molecular weight is 335 g/mol. The maximum Gasteiger partial charge on any atom is 0.190 e. The Morgan fingerprint density at radius 3 is 2.50 bits per heavy atom. The Bertz CT molecular complexity index is 498.